The molecule has 1 saturated heterocycles. The second-order valence-corrected chi connectivity index (χ2v) is 5.19. The van der Waals surface area contributed by atoms with Crippen LogP contribution in [0.5, 0.6) is 0 Å². The fraction of sp³-hybridized carbons (Fsp3) is 0.500. The van der Waals surface area contributed by atoms with Gasteiger partial charge in [0.05, 0.1) is 17.9 Å². The van der Waals surface area contributed by atoms with E-state index in [4.69, 9.17) is 0 Å². The molecule has 1 aliphatic heterocycles. The van der Waals surface area contributed by atoms with Crippen molar-refractivity contribution in [3.05, 3.63) is 23.0 Å². The third-order valence-corrected chi connectivity index (χ3v) is 3.97. The molecule has 3 heterocycles. The van der Waals surface area contributed by atoms with Crippen LogP contribution < -0.4 is 5.32 Å². The largest absolute Gasteiger partial charge is 0.317 e. The van der Waals surface area contributed by atoms with E-state index < -0.39 is 0 Å². The van der Waals surface area contributed by atoms with E-state index in [9.17, 15) is 0 Å². The maximum absolute atomic E-state index is 4.28. The van der Waals surface area contributed by atoms with E-state index in [0.29, 0.717) is 6.04 Å². The molecule has 0 aromatic carbocycles. The molecule has 0 bridgehead atoms. The Morgan fingerprint density at radius 2 is 2.35 bits per heavy atom. The van der Waals surface area contributed by atoms with E-state index in [0.717, 1.165) is 25.2 Å². The summed E-state index contributed by atoms with van der Waals surface area (Å²) in [6.45, 7) is 2.20. The van der Waals surface area contributed by atoms with Gasteiger partial charge in [0, 0.05) is 10.9 Å². The predicted octanol–water partition coefficient (Wildman–Crippen LogP) is 2.32. The summed E-state index contributed by atoms with van der Waals surface area (Å²) >= 11 is 1.72. The highest BCUT2D eigenvalue weighted by molar-refractivity contribution is 7.08. The molecule has 17 heavy (non-hydrogen) atoms. The molecule has 0 saturated carbocycles. The first kappa shape index (κ1) is 10.9. The van der Waals surface area contributed by atoms with E-state index in [1.807, 2.05) is 6.20 Å². The molecular weight excluding hydrogens is 232 g/mol. The molecule has 5 heteroatoms. The van der Waals surface area contributed by atoms with Crippen LogP contribution in [0.3, 0.4) is 0 Å². The van der Waals surface area contributed by atoms with E-state index in [2.05, 4.69) is 37.1 Å². The Morgan fingerprint density at radius 3 is 3.24 bits per heavy atom. The average Bonchev–Trinajstić information content (AvgIpc) is 2.95. The second-order valence-electron chi connectivity index (χ2n) is 4.41. The number of nitrogens with zero attached hydrogens (tertiary/aromatic N) is 3. The Labute approximate surface area is 105 Å². The molecule has 1 atom stereocenters. The van der Waals surface area contributed by atoms with Gasteiger partial charge in [0.15, 0.2) is 0 Å². The number of hydrogen-bond acceptors (Lipinski definition) is 4. The number of rotatable bonds is 2. The summed E-state index contributed by atoms with van der Waals surface area (Å²) < 4.78 is 2.11. The number of thiophene rings is 1. The fourth-order valence-electron chi connectivity index (χ4n) is 2.38. The zero-order chi connectivity index (χ0) is 11.5. The summed E-state index contributed by atoms with van der Waals surface area (Å²) in [6.07, 6.45) is 5.42. The molecule has 1 aliphatic rings. The maximum Gasteiger partial charge on any atom is 0.0897 e. The maximum atomic E-state index is 4.28. The minimum atomic E-state index is 0.488. The first-order chi connectivity index (χ1) is 8.45. The van der Waals surface area contributed by atoms with Crippen LogP contribution in [0.15, 0.2) is 23.0 Å². The van der Waals surface area contributed by atoms with Gasteiger partial charge in [-0.25, -0.2) is 4.68 Å². The first-order valence-corrected chi connectivity index (χ1v) is 7.03. The summed E-state index contributed by atoms with van der Waals surface area (Å²) in [6, 6.07) is 2.62. The minimum absolute atomic E-state index is 0.488. The lowest BCUT2D eigenvalue weighted by molar-refractivity contribution is 0.409. The van der Waals surface area contributed by atoms with Crippen LogP contribution in [0.2, 0.25) is 0 Å². The van der Waals surface area contributed by atoms with Crippen LogP contribution in [0.1, 0.15) is 25.3 Å². The quantitative estimate of drug-likeness (QED) is 0.887. The van der Waals surface area contributed by atoms with Gasteiger partial charge in [0.25, 0.3) is 0 Å². The summed E-state index contributed by atoms with van der Waals surface area (Å²) in [4.78, 5) is 0. The normalized spacial score (nSPS) is 21.3. The Morgan fingerprint density at radius 1 is 1.35 bits per heavy atom. The van der Waals surface area contributed by atoms with Gasteiger partial charge in [-0.05, 0) is 43.8 Å². The summed E-state index contributed by atoms with van der Waals surface area (Å²) in [5.74, 6) is 0. The molecule has 0 spiro atoms. The van der Waals surface area contributed by atoms with Crippen molar-refractivity contribution in [2.24, 2.45) is 0 Å². The van der Waals surface area contributed by atoms with Crippen molar-refractivity contribution in [3.8, 4) is 11.3 Å². The molecule has 2 aromatic rings. The van der Waals surface area contributed by atoms with Crippen molar-refractivity contribution in [2.75, 3.05) is 13.1 Å². The number of aromatic nitrogens is 3. The molecule has 2 aromatic heterocycles. The Bertz CT molecular complexity index is 455. The number of nitrogens with one attached hydrogen (secondary N) is 1. The lowest BCUT2D eigenvalue weighted by Gasteiger charge is -2.16. The summed E-state index contributed by atoms with van der Waals surface area (Å²) in [7, 11) is 0. The van der Waals surface area contributed by atoms with E-state index in [1.165, 1.54) is 18.4 Å². The third-order valence-electron chi connectivity index (χ3n) is 3.28. The lowest BCUT2D eigenvalue weighted by atomic mass is 10.1. The number of hydrogen-bond donors (Lipinski definition) is 1. The molecule has 4 nitrogen and oxygen atoms in total. The van der Waals surface area contributed by atoms with Crippen LogP contribution in [-0.2, 0) is 0 Å². The van der Waals surface area contributed by atoms with Crippen molar-refractivity contribution < 1.29 is 0 Å². The molecule has 0 amide bonds. The molecule has 1 fully saturated rings. The van der Waals surface area contributed by atoms with Gasteiger partial charge in [0.1, 0.15) is 0 Å². The van der Waals surface area contributed by atoms with Crippen LogP contribution in [-0.4, -0.2) is 28.1 Å². The zero-order valence-electron chi connectivity index (χ0n) is 9.67. The zero-order valence-corrected chi connectivity index (χ0v) is 10.5. The van der Waals surface area contributed by atoms with Crippen molar-refractivity contribution in [2.45, 2.75) is 25.3 Å². The highest BCUT2D eigenvalue weighted by Crippen LogP contribution is 2.27. The molecule has 0 radical (unpaired) electrons. The third kappa shape index (κ3) is 2.25. The van der Waals surface area contributed by atoms with Gasteiger partial charge < -0.3 is 5.32 Å². The molecule has 1 unspecified atom stereocenters. The second kappa shape index (κ2) is 4.98. The average molecular weight is 248 g/mol. The van der Waals surface area contributed by atoms with Crippen LogP contribution in [0, 0.1) is 0 Å². The van der Waals surface area contributed by atoms with E-state index in [1.54, 1.807) is 11.3 Å². The topological polar surface area (TPSA) is 42.7 Å². The van der Waals surface area contributed by atoms with Gasteiger partial charge in [-0.15, -0.1) is 5.10 Å². The van der Waals surface area contributed by atoms with Gasteiger partial charge in [-0.3, -0.25) is 0 Å². The van der Waals surface area contributed by atoms with Crippen molar-refractivity contribution >= 4 is 11.3 Å². The highest BCUT2D eigenvalue weighted by atomic mass is 32.1. The first-order valence-electron chi connectivity index (χ1n) is 6.08. The van der Waals surface area contributed by atoms with Gasteiger partial charge in [-0.2, -0.15) is 11.3 Å². The Kier molecular flexibility index (Phi) is 3.20. The van der Waals surface area contributed by atoms with Crippen molar-refractivity contribution in [1.82, 2.24) is 20.3 Å². The van der Waals surface area contributed by atoms with Crippen molar-refractivity contribution in [3.63, 3.8) is 0 Å². The Hall–Kier alpha value is -1.20. The van der Waals surface area contributed by atoms with E-state index >= 15 is 0 Å². The lowest BCUT2D eigenvalue weighted by Crippen LogP contribution is -2.16. The van der Waals surface area contributed by atoms with Crippen LogP contribution in [0.25, 0.3) is 11.3 Å². The van der Waals surface area contributed by atoms with E-state index in [-0.39, 0.29) is 0 Å². The van der Waals surface area contributed by atoms with Gasteiger partial charge in [0.2, 0.25) is 0 Å². The van der Waals surface area contributed by atoms with Gasteiger partial charge in [-0.1, -0.05) is 5.21 Å². The summed E-state index contributed by atoms with van der Waals surface area (Å²) in [5, 5.41) is 16.1. The Balaban J connectivity index is 1.90. The van der Waals surface area contributed by atoms with Crippen LogP contribution >= 0.6 is 11.3 Å². The SMILES string of the molecule is c1cc(-c2cnnn2C2CCCNCC2)cs1. The minimum Gasteiger partial charge on any atom is -0.317 e. The molecule has 0 aliphatic carbocycles. The fourth-order valence-corrected chi connectivity index (χ4v) is 3.03. The molecule has 3 rings (SSSR count). The molecular formula is C12H16N4S. The van der Waals surface area contributed by atoms with Gasteiger partial charge >= 0.3 is 0 Å². The summed E-state index contributed by atoms with van der Waals surface area (Å²) in [5.41, 5.74) is 2.38. The molecule has 90 valence electrons. The smallest absolute Gasteiger partial charge is 0.0897 e. The highest BCUT2D eigenvalue weighted by Gasteiger charge is 2.18. The van der Waals surface area contributed by atoms with Crippen LogP contribution in [0.4, 0.5) is 0 Å². The predicted molar refractivity (Wildman–Crippen MR) is 69.1 cm³/mol. The monoisotopic (exact) mass is 248 g/mol. The van der Waals surface area contributed by atoms with Crippen molar-refractivity contribution in [1.29, 1.82) is 0 Å². The standard InChI is InChI=1S/C12H16N4S/c1-2-11(3-6-13-5-1)16-12(8-14-15-16)10-4-7-17-9-10/h4,7-9,11,13H,1-3,5-6H2. The molecule has 1 N–H and O–H groups in total.